The molecular formula is C53H105NO5. The number of amides is 1. The molecule has 0 saturated carbocycles. The van der Waals surface area contributed by atoms with E-state index in [9.17, 15) is 19.8 Å². The third-order valence-corrected chi connectivity index (χ3v) is 12.7. The van der Waals surface area contributed by atoms with Crippen LogP contribution in [0, 0.1) is 0 Å². The normalized spacial score (nSPS) is 12.5. The Balaban J connectivity index is 3.45. The van der Waals surface area contributed by atoms with Crippen LogP contribution < -0.4 is 5.32 Å². The van der Waals surface area contributed by atoms with Gasteiger partial charge < -0.3 is 20.3 Å². The van der Waals surface area contributed by atoms with Crippen molar-refractivity contribution in [2.45, 2.75) is 315 Å². The summed E-state index contributed by atoms with van der Waals surface area (Å²) in [7, 11) is 0. The highest BCUT2D eigenvalue weighted by atomic mass is 16.5. The summed E-state index contributed by atoms with van der Waals surface area (Å²) in [6.07, 6.45) is 55.0. The van der Waals surface area contributed by atoms with E-state index < -0.39 is 12.1 Å². The van der Waals surface area contributed by atoms with Crippen molar-refractivity contribution in [2.75, 3.05) is 13.2 Å². The van der Waals surface area contributed by atoms with Gasteiger partial charge in [0.15, 0.2) is 0 Å². The first kappa shape index (κ1) is 57.9. The first-order valence-electron chi connectivity index (χ1n) is 26.8. The number of carbonyl (C=O) groups is 2. The second kappa shape index (κ2) is 49.5. The molecule has 2 unspecified atom stereocenters. The minimum atomic E-state index is -0.671. The third kappa shape index (κ3) is 46.2. The molecule has 352 valence electrons. The molecule has 0 aromatic rings. The summed E-state index contributed by atoms with van der Waals surface area (Å²) in [5.41, 5.74) is 0. The topological polar surface area (TPSA) is 95.9 Å². The van der Waals surface area contributed by atoms with Crippen molar-refractivity contribution in [3.05, 3.63) is 0 Å². The molecular weight excluding hydrogens is 731 g/mol. The second-order valence-corrected chi connectivity index (χ2v) is 18.6. The van der Waals surface area contributed by atoms with Gasteiger partial charge in [0.05, 0.1) is 25.4 Å². The Hall–Kier alpha value is -1.14. The van der Waals surface area contributed by atoms with E-state index in [1.165, 1.54) is 218 Å². The van der Waals surface area contributed by atoms with Crippen LogP contribution in [0.3, 0.4) is 0 Å². The van der Waals surface area contributed by atoms with Crippen molar-refractivity contribution in [3.8, 4) is 0 Å². The molecule has 3 N–H and O–H groups in total. The van der Waals surface area contributed by atoms with E-state index in [1.54, 1.807) is 0 Å². The fraction of sp³-hybridized carbons (Fsp3) is 0.962. The number of ether oxygens (including phenoxy) is 1. The average molecular weight is 836 g/mol. The van der Waals surface area contributed by atoms with Crippen LogP contribution in [0.1, 0.15) is 303 Å². The van der Waals surface area contributed by atoms with Crippen LogP contribution in [0.25, 0.3) is 0 Å². The van der Waals surface area contributed by atoms with Crippen LogP contribution in [-0.2, 0) is 14.3 Å². The van der Waals surface area contributed by atoms with Gasteiger partial charge in [0.1, 0.15) is 0 Å². The molecule has 1 amide bonds. The van der Waals surface area contributed by atoms with E-state index in [4.69, 9.17) is 4.74 Å². The zero-order valence-corrected chi connectivity index (χ0v) is 40.0. The average Bonchev–Trinajstić information content (AvgIpc) is 3.24. The minimum absolute atomic E-state index is 0.00483. The van der Waals surface area contributed by atoms with Crippen LogP contribution in [0.15, 0.2) is 0 Å². The molecule has 0 aromatic carbocycles. The van der Waals surface area contributed by atoms with Gasteiger partial charge in [-0.3, -0.25) is 9.59 Å². The maximum Gasteiger partial charge on any atom is 0.305 e. The van der Waals surface area contributed by atoms with E-state index in [1.807, 2.05) is 0 Å². The molecule has 0 aromatic heterocycles. The summed E-state index contributed by atoms with van der Waals surface area (Å²) in [5, 5.41) is 23.3. The molecule has 0 aliphatic rings. The number of unbranched alkanes of at least 4 members (excludes halogenated alkanes) is 39. The fourth-order valence-corrected chi connectivity index (χ4v) is 8.52. The van der Waals surface area contributed by atoms with E-state index in [-0.39, 0.29) is 18.5 Å². The standard InChI is InChI=1S/C53H105NO5/c1-3-5-7-9-11-13-15-16-17-18-19-20-22-26-29-33-37-41-45-51(56)50(49-55)54-52(57)46-42-38-34-30-27-23-21-24-28-32-36-40-44-48-59-53(58)47-43-39-35-31-25-14-12-10-8-6-4-2/h50-51,55-56H,3-49H2,1-2H3,(H,54,57). The molecule has 6 nitrogen and oxygen atoms in total. The van der Waals surface area contributed by atoms with E-state index in [0.717, 1.165) is 51.4 Å². The van der Waals surface area contributed by atoms with Crippen LogP contribution >= 0.6 is 0 Å². The smallest absolute Gasteiger partial charge is 0.305 e. The molecule has 0 rings (SSSR count). The molecule has 0 heterocycles. The molecule has 59 heavy (non-hydrogen) atoms. The highest BCUT2D eigenvalue weighted by Crippen LogP contribution is 2.17. The number of hydrogen-bond donors (Lipinski definition) is 3. The Bertz CT molecular complexity index is 837. The molecule has 0 bridgehead atoms. The zero-order valence-electron chi connectivity index (χ0n) is 40.0. The third-order valence-electron chi connectivity index (χ3n) is 12.7. The number of carbonyl (C=O) groups excluding carboxylic acids is 2. The lowest BCUT2D eigenvalue weighted by atomic mass is 10.0. The van der Waals surface area contributed by atoms with Crippen LogP contribution in [0.2, 0.25) is 0 Å². The van der Waals surface area contributed by atoms with Crippen molar-refractivity contribution in [3.63, 3.8) is 0 Å². The Morgan fingerprint density at radius 2 is 0.695 bits per heavy atom. The largest absolute Gasteiger partial charge is 0.466 e. The second-order valence-electron chi connectivity index (χ2n) is 18.6. The summed E-state index contributed by atoms with van der Waals surface area (Å²) in [6, 6.07) is -0.549. The first-order chi connectivity index (χ1) is 29.0. The van der Waals surface area contributed by atoms with Crippen LogP contribution in [0.4, 0.5) is 0 Å². The lowest BCUT2D eigenvalue weighted by Gasteiger charge is -2.22. The van der Waals surface area contributed by atoms with Gasteiger partial charge in [0, 0.05) is 12.8 Å². The van der Waals surface area contributed by atoms with E-state index in [2.05, 4.69) is 19.2 Å². The first-order valence-corrected chi connectivity index (χ1v) is 26.8. The summed E-state index contributed by atoms with van der Waals surface area (Å²) in [5.74, 6) is -0.0495. The number of esters is 1. The van der Waals surface area contributed by atoms with Gasteiger partial charge in [0.25, 0.3) is 0 Å². The van der Waals surface area contributed by atoms with Gasteiger partial charge >= 0.3 is 5.97 Å². The fourth-order valence-electron chi connectivity index (χ4n) is 8.52. The Kier molecular flexibility index (Phi) is 48.6. The van der Waals surface area contributed by atoms with Gasteiger partial charge in [-0.05, 0) is 25.7 Å². The van der Waals surface area contributed by atoms with Gasteiger partial charge in [-0.2, -0.15) is 0 Å². The van der Waals surface area contributed by atoms with Crippen LogP contribution in [-0.4, -0.2) is 47.4 Å². The Morgan fingerprint density at radius 1 is 0.407 bits per heavy atom. The molecule has 6 heteroatoms. The highest BCUT2D eigenvalue weighted by molar-refractivity contribution is 5.76. The molecule has 0 fully saturated rings. The number of hydrogen-bond acceptors (Lipinski definition) is 5. The van der Waals surface area contributed by atoms with Crippen molar-refractivity contribution in [1.82, 2.24) is 5.32 Å². The van der Waals surface area contributed by atoms with Crippen molar-refractivity contribution >= 4 is 11.9 Å². The van der Waals surface area contributed by atoms with E-state index >= 15 is 0 Å². The highest BCUT2D eigenvalue weighted by Gasteiger charge is 2.20. The van der Waals surface area contributed by atoms with Gasteiger partial charge in [-0.15, -0.1) is 0 Å². The Morgan fingerprint density at radius 3 is 1.03 bits per heavy atom. The van der Waals surface area contributed by atoms with Gasteiger partial charge in [0.2, 0.25) is 5.91 Å². The number of aliphatic hydroxyl groups excluding tert-OH is 2. The quantitative estimate of drug-likeness (QED) is 0.0419. The number of nitrogens with one attached hydrogen (secondary N) is 1. The zero-order chi connectivity index (χ0) is 43.0. The molecule has 0 radical (unpaired) electrons. The predicted octanol–water partition coefficient (Wildman–Crippen LogP) is 16.0. The lowest BCUT2D eigenvalue weighted by Crippen LogP contribution is -2.45. The summed E-state index contributed by atoms with van der Waals surface area (Å²) < 4.78 is 5.45. The Labute approximate surface area is 368 Å². The van der Waals surface area contributed by atoms with Crippen molar-refractivity contribution < 1.29 is 24.5 Å². The molecule has 0 spiro atoms. The minimum Gasteiger partial charge on any atom is -0.466 e. The molecule has 2 atom stereocenters. The van der Waals surface area contributed by atoms with Crippen molar-refractivity contribution in [2.24, 2.45) is 0 Å². The maximum atomic E-state index is 12.5. The molecule has 0 saturated heterocycles. The summed E-state index contributed by atoms with van der Waals surface area (Å²) >= 11 is 0. The predicted molar refractivity (Wildman–Crippen MR) is 255 cm³/mol. The van der Waals surface area contributed by atoms with E-state index in [0.29, 0.717) is 25.9 Å². The van der Waals surface area contributed by atoms with Crippen molar-refractivity contribution in [1.29, 1.82) is 0 Å². The molecule has 0 aliphatic heterocycles. The summed E-state index contributed by atoms with van der Waals surface area (Å²) in [6.45, 7) is 4.94. The van der Waals surface area contributed by atoms with Gasteiger partial charge in [-0.1, -0.05) is 264 Å². The monoisotopic (exact) mass is 836 g/mol. The van der Waals surface area contributed by atoms with Crippen LogP contribution in [0.5, 0.6) is 0 Å². The van der Waals surface area contributed by atoms with Gasteiger partial charge in [-0.25, -0.2) is 0 Å². The number of aliphatic hydroxyl groups is 2. The molecule has 0 aliphatic carbocycles. The SMILES string of the molecule is CCCCCCCCCCCCCCCCCCCCC(O)C(CO)NC(=O)CCCCCCCCCCCCCCCOC(=O)CCCCCCCCCCCCC. The lowest BCUT2D eigenvalue weighted by molar-refractivity contribution is -0.143. The number of rotatable bonds is 50. The maximum absolute atomic E-state index is 12.5. The summed E-state index contributed by atoms with van der Waals surface area (Å²) in [4.78, 5) is 24.4.